The van der Waals surface area contributed by atoms with Crippen LogP contribution in [-0.4, -0.2) is 22.2 Å². The molecule has 1 heterocycles. The summed E-state index contributed by atoms with van der Waals surface area (Å²) in [6, 6.07) is 29.0. The van der Waals surface area contributed by atoms with Gasteiger partial charge >= 0.3 is 0 Å². The van der Waals surface area contributed by atoms with Crippen molar-refractivity contribution < 1.29 is 15.2 Å². The third kappa shape index (κ3) is 4.32. The van der Waals surface area contributed by atoms with Gasteiger partial charge in [-0.1, -0.05) is 65.4 Å². The average Bonchev–Trinajstić information content (AvgIpc) is 2.92. The Morgan fingerprint density at radius 1 is 0.914 bits per heavy atom. The topological polar surface area (TPSA) is 111 Å². The van der Waals surface area contributed by atoms with Crippen LogP contribution in [0.3, 0.4) is 0 Å². The van der Waals surface area contributed by atoms with Crippen LogP contribution in [0.1, 0.15) is 21.5 Å². The van der Waals surface area contributed by atoms with Crippen LogP contribution >= 0.6 is 11.8 Å². The van der Waals surface area contributed by atoms with Gasteiger partial charge in [-0.25, -0.2) is 5.48 Å². The number of benzene rings is 4. The van der Waals surface area contributed by atoms with Crippen LogP contribution in [0.25, 0.3) is 11.1 Å². The maximum atomic E-state index is 12.3. The summed E-state index contributed by atoms with van der Waals surface area (Å²) in [5.74, 6) is -0.522. The molecule has 0 saturated heterocycles. The Bertz CT molecular complexity index is 1440. The Hall–Kier alpha value is -4.27. The van der Waals surface area contributed by atoms with Crippen LogP contribution < -0.4 is 16.1 Å². The standard InChI is InChI=1S/C27H22N4O3S/c28-26(29-33)19-11-13-25-23(15-19)31(22-8-4-5-9-24(22)35-25)16-17-10-12-20(27(32)30-34)21(14-17)18-6-2-1-3-7-18/h1-15,33-34H,16H2,(H2,28,29)(H,30,32). The minimum atomic E-state index is -0.566. The number of carbonyl (C=O) groups excluding carboxylic acids is 1. The molecule has 0 saturated carbocycles. The fourth-order valence-corrected chi connectivity index (χ4v) is 5.28. The Morgan fingerprint density at radius 3 is 2.43 bits per heavy atom. The number of anilines is 2. The molecule has 8 heteroatoms. The first-order valence-corrected chi connectivity index (χ1v) is 11.7. The molecule has 1 aliphatic rings. The SMILES string of the molecule is N/C(=N\O)c1ccc2c(c1)N(Cc1ccc(C(=O)NO)c(-c3ccccc3)c1)c1ccccc1S2. The third-order valence-corrected chi connectivity index (χ3v) is 7.02. The van der Waals surface area contributed by atoms with Gasteiger partial charge in [-0.2, -0.15) is 0 Å². The molecular formula is C27H22N4O3S. The Morgan fingerprint density at radius 2 is 1.66 bits per heavy atom. The van der Waals surface area contributed by atoms with E-state index in [1.54, 1.807) is 23.3 Å². The first-order valence-electron chi connectivity index (χ1n) is 10.9. The third-order valence-electron chi connectivity index (χ3n) is 5.88. The summed E-state index contributed by atoms with van der Waals surface area (Å²) in [5.41, 5.74) is 13.2. The molecule has 0 spiro atoms. The molecule has 0 aromatic heterocycles. The Labute approximate surface area is 206 Å². The fourth-order valence-electron chi connectivity index (χ4n) is 4.20. The zero-order valence-electron chi connectivity index (χ0n) is 18.6. The molecule has 7 nitrogen and oxygen atoms in total. The molecule has 5 rings (SSSR count). The molecule has 1 amide bonds. The van der Waals surface area contributed by atoms with Crippen LogP contribution in [0, 0.1) is 0 Å². The number of oxime groups is 1. The molecular weight excluding hydrogens is 460 g/mol. The molecule has 4 aromatic rings. The molecule has 0 radical (unpaired) electrons. The van der Waals surface area contributed by atoms with Gasteiger partial charge in [0.15, 0.2) is 5.84 Å². The summed E-state index contributed by atoms with van der Waals surface area (Å²) in [6.45, 7) is 0.519. The number of carbonyl (C=O) groups is 1. The number of nitrogens with one attached hydrogen (secondary N) is 1. The van der Waals surface area contributed by atoms with Gasteiger partial charge in [0, 0.05) is 27.5 Å². The lowest BCUT2D eigenvalue weighted by atomic mass is 9.96. The number of hydrogen-bond donors (Lipinski definition) is 4. The summed E-state index contributed by atoms with van der Waals surface area (Å²) in [7, 11) is 0. The van der Waals surface area contributed by atoms with Crippen molar-refractivity contribution in [3.8, 4) is 11.1 Å². The molecule has 0 fully saturated rings. The fraction of sp³-hybridized carbons (Fsp3) is 0.0370. The zero-order chi connectivity index (χ0) is 24.4. The highest BCUT2D eigenvalue weighted by Crippen LogP contribution is 2.49. The first kappa shape index (κ1) is 22.5. The second-order valence-electron chi connectivity index (χ2n) is 8.01. The van der Waals surface area contributed by atoms with Crippen LogP contribution in [0.15, 0.2) is 106 Å². The van der Waals surface area contributed by atoms with Gasteiger partial charge < -0.3 is 15.8 Å². The number of hydroxylamine groups is 1. The number of para-hydroxylation sites is 1. The largest absolute Gasteiger partial charge is 0.409 e. The van der Waals surface area contributed by atoms with E-state index in [0.717, 1.165) is 37.9 Å². The lowest BCUT2D eigenvalue weighted by Gasteiger charge is -2.33. The van der Waals surface area contributed by atoms with Crippen LogP contribution in [0.4, 0.5) is 11.4 Å². The van der Waals surface area contributed by atoms with E-state index in [2.05, 4.69) is 22.2 Å². The number of amidine groups is 1. The first-order chi connectivity index (χ1) is 17.1. The second kappa shape index (κ2) is 9.54. The summed E-state index contributed by atoms with van der Waals surface area (Å²) in [5, 5.41) is 21.6. The van der Waals surface area contributed by atoms with Crippen molar-refractivity contribution in [1.29, 1.82) is 0 Å². The summed E-state index contributed by atoms with van der Waals surface area (Å²) < 4.78 is 0. The van der Waals surface area contributed by atoms with Crippen molar-refractivity contribution in [1.82, 2.24) is 5.48 Å². The van der Waals surface area contributed by atoms with E-state index < -0.39 is 5.91 Å². The Balaban J connectivity index is 1.62. The van der Waals surface area contributed by atoms with Crippen molar-refractivity contribution in [2.45, 2.75) is 16.3 Å². The van der Waals surface area contributed by atoms with Gasteiger partial charge in [-0.05, 0) is 59.2 Å². The average molecular weight is 483 g/mol. The van der Waals surface area contributed by atoms with E-state index in [0.29, 0.717) is 17.7 Å². The van der Waals surface area contributed by atoms with E-state index in [-0.39, 0.29) is 5.84 Å². The number of nitrogens with two attached hydrogens (primary N) is 1. The van der Waals surface area contributed by atoms with E-state index in [4.69, 9.17) is 5.73 Å². The minimum Gasteiger partial charge on any atom is -0.409 e. The molecule has 0 atom stereocenters. The summed E-state index contributed by atoms with van der Waals surface area (Å²) >= 11 is 1.67. The zero-order valence-corrected chi connectivity index (χ0v) is 19.4. The molecule has 174 valence electrons. The van der Waals surface area contributed by atoms with E-state index >= 15 is 0 Å². The van der Waals surface area contributed by atoms with Crippen molar-refractivity contribution in [3.05, 3.63) is 108 Å². The van der Waals surface area contributed by atoms with Crippen molar-refractivity contribution in [2.75, 3.05) is 4.90 Å². The second-order valence-corrected chi connectivity index (χ2v) is 9.09. The van der Waals surface area contributed by atoms with Gasteiger partial charge in [0.2, 0.25) is 0 Å². The van der Waals surface area contributed by atoms with Gasteiger partial charge in [0.05, 0.1) is 11.4 Å². The molecule has 0 bridgehead atoms. The van der Waals surface area contributed by atoms with Gasteiger partial charge in [0.25, 0.3) is 5.91 Å². The van der Waals surface area contributed by atoms with Gasteiger partial charge in [0.1, 0.15) is 0 Å². The Kier molecular flexibility index (Phi) is 6.13. The van der Waals surface area contributed by atoms with E-state index in [1.165, 1.54) is 0 Å². The lowest BCUT2D eigenvalue weighted by molar-refractivity contribution is 0.0707. The number of amides is 1. The van der Waals surface area contributed by atoms with E-state index in [1.807, 2.05) is 72.8 Å². The highest BCUT2D eigenvalue weighted by atomic mass is 32.2. The quantitative estimate of drug-likeness (QED) is 0.100. The van der Waals surface area contributed by atoms with Crippen molar-refractivity contribution in [3.63, 3.8) is 0 Å². The molecule has 1 aliphatic heterocycles. The van der Waals surface area contributed by atoms with Crippen molar-refractivity contribution in [2.24, 2.45) is 10.9 Å². The van der Waals surface area contributed by atoms with Gasteiger partial charge in [-0.15, -0.1) is 0 Å². The summed E-state index contributed by atoms with van der Waals surface area (Å²) in [4.78, 5) is 16.7. The number of nitrogens with zero attached hydrogens (tertiary/aromatic N) is 2. The molecule has 35 heavy (non-hydrogen) atoms. The number of fused-ring (bicyclic) bond motifs is 2. The number of rotatable bonds is 5. The molecule has 0 unspecified atom stereocenters. The maximum Gasteiger partial charge on any atom is 0.275 e. The van der Waals surface area contributed by atoms with Crippen LogP contribution in [0.5, 0.6) is 0 Å². The predicted molar refractivity (Wildman–Crippen MR) is 136 cm³/mol. The highest BCUT2D eigenvalue weighted by molar-refractivity contribution is 7.99. The minimum absolute atomic E-state index is 0.0438. The normalized spacial score (nSPS) is 12.6. The smallest absolute Gasteiger partial charge is 0.275 e. The predicted octanol–water partition coefficient (Wildman–Crippen LogP) is 5.37. The molecule has 5 N–H and O–H groups in total. The van der Waals surface area contributed by atoms with Crippen LogP contribution in [-0.2, 0) is 6.54 Å². The molecule has 0 aliphatic carbocycles. The van der Waals surface area contributed by atoms with Crippen LogP contribution in [0.2, 0.25) is 0 Å². The monoisotopic (exact) mass is 482 g/mol. The highest BCUT2D eigenvalue weighted by Gasteiger charge is 2.25. The maximum absolute atomic E-state index is 12.3. The number of hydrogen-bond acceptors (Lipinski definition) is 6. The van der Waals surface area contributed by atoms with E-state index in [9.17, 15) is 15.2 Å². The van der Waals surface area contributed by atoms with Crippen molar-refractivity contribution >= 4 is 34.9 Å². The molecule has 4 aromatic carbocycles. The lowest BCUT2D eigenvalue weighted by Crippen LogP contribution is -2.22. The summed E-state index contributed by atoms with van der Waals surface area (Å²) in [6.07, 6.45) is 0. The van der Waals surface area contributed by atoms with Gasteiger partial charge in [-0.3, -0.25) is 10.0 Å².